The second kappa shape index (κ2) is 4.79. The summed E-state index contributed by atoms with van der Waals surface area (Å²) >= 11 is 0. The number of anilines is 1. The average Bonchev–Trinajstić information content (AvgIpc) is 2.18. The Hall–Kier alpha value is -1.56. The molecule has 6 heteroatoms. The van der Waals surface area contributed by atoms with Gasteiger partial charge in [-0.15, -0.1) is 0 Å². The van der Waals surface area contributed by atoms with Gasteiger partial charge in [0.25, 0.3) is 0 Å². The number of aliphatic hydroxyl groups excluding tert-OH is 1. The molecule has 0 fully saturated rings. The van der Waals surface area contributed by atoms with Crippen molar-refractivity contribution in [1.29, 1.82) is 0 Å². The first kappa shape index (κ1) is 11.5. The molecule has 0 aliphatic rings. The van der Waals surface area contributed by atoms with Crippen molar-refractivity contribution in [2.75, 3.05) is 5.32 Å². The molecule has 0 saturated carbocycles. The normalized spacial score (nSPS) is 14.1. The van der Waals surface area contributed by atoms with Crippen molar-refractivity contribution < 1.29 is 18.3 Å². The van der Waals surface area contributed by atoms with Crippen molar-refractivity contribution in [2.45, 2.75) is 12.3 Å². The molecule has 3 nitrogen and oxygen atoms in total. The van der Waals surface area contributed by atoms with E-state index in [1.165, 1.54) is 6.20 Å². The zero-order valence-corrected chi connectivity index (χ0v) is 7.57. The topological polar surface area (TPSA) is 45.1 Å². The van der Waals surface area contributed by atoms with Gasteiger partial charge < -0.3 is 10.4 Å². The summed E-state index contributed by atoms with van der Waals surface area (Å²) in [7, 11) is 0. The third-order valence-electron chi connectivity index (χ3n) is 1.51. The van der Waals surface area contributed by atoms with Gasteiger partial charge in [0.1, 0.15) is 5.82 Å². The third kappa shape index (κ3) is 3.99. The van der Waals surface area contributed by atoms with E-state index in [0.717, 1.165) is 6.20 Å². The van der Waals surface area contributed by atoms with Crippen molar-refractivity contribution in [1.82, 2.24) is 4.98 Å². The molecule has 15 heavy (non-hydrogen) atoms. The van der Waals surface area contributed by atoms with Crippen LogP contribution in [0, 0.1) is 0 Å². The number of nitrogens with zero attached hydrogens (tertiary/aromatic N) is 1. The van der Waals surface area contributed by atoms with Gasteiger partial charge in [0.05, 0.1) is 0 Å². The fourth-order valence-electron chi connectivity index (χ4n) is 0.782. The van der Waals surface area contributed by atoms with E-state index in [-0.39, 0.29) is 0 Å². The predicted octanol–water partition coefficient (Wildman–Crippen LogP) is 1.93. The molecule has 82 valence electrons. The first-order valence-electron chi connectivity index (χ1n) is 4.09. The molecule has 1 heterocycles. The Morgan fingerprint density at radius 3 is 2.67 bits per heavy atom. The molecule has 1 atom stereocenters. The molecular weight excluding hydrogens is 209 g/mol. The van der Waals surface area contributed by atoms with Crippen molar-refractivity contribution in [2.24, 2.45) is 0 Å². The fraction of sp³-hybridized carbons (Fsp3) is 0.222. The summed E-state index contributed by atoms with van der Waals surface area (Å²) in [6.45, 7) is 0. The van der Waals surface area contributed by atoms with Gasteiger partial charge in [-0.25, -0.2) is 4.98 Å². The van der Waals surface area contributed by atoms with Gasteiger partial charge in [0, 0.05) is 12.4 Å². The van der Waals surface area contributed by atoms with Gasteiger partial charge >= 0.3 is 6.18 Å². The second-order valence-electron chi connectivity index (χ2n) is 2.70. The summed E-state index contributed by atoms with van der Waals surface area (Å²) in [6, 6.07) is 4.95. The molecule has 0 aliphatic carbocycles. The third-order valence-corrected chi connectivity index (χ3v) is 1.51. The highest BCUT2D eigenvalue weighted by molar-refractivity contribution is 5.36. The first-order chi connectivity index (χ1) is 7.00. The average molecular weight is 218 g/mol. The number of aromatic nitrogens is 1. The van der Waals surface area contributed by atoms with Crippen LogP contribution in [0.25, 0.3) is 0 Å². The van der Waals surface area contributed by atoms with Gasteiger partial charge in [-0.05, 0) is 18.2 Å². The summed E-state index contributed by atoms with van der Waals surface area (Å²) in [5, 5.41) is 11.1. The highest BCUT2D eigenvalue weighted by Crippen LogP contribution is 2.20. The van der Waals surface area contributed by atoms with Crippen LogP contribution in [0.15, 0.2) is 36.7 Å². The van der Waals surface area contributed by atoms with E-state index in [0.29, 0.717) is 11.9 Å². The lowest BCUT2D eigenvalue weighted by molar-refractivity contribution is -0.187. The number of alkyl halides is 3. The second-order valence-corrected chi connectivity index (χ2v) is 2.70. The molecular formula is C9H9F3N2O. The van der Waals surface area contributed by atoms with Crippen molar-refractivity contribution >= 4 is 5.82 Å². The Balaban J connectivity index is 2.47. The Kier molecular flexibility index (Phi) is 3.68. The van der Waals surface area contributed by atoms with Gasteiger partial charge in [0.2, 0.25) is 0 Å². The predicted molar refractivity (Wildman–Crippen MR) is 49.1 cm³/mol. The van der Waals surface area contributed by atoms with Crippen molar-refractivity contribution in [3.05, 3.63) is 36.7 Å². The van der Waals surface area contributed by atoms with Crippen LogP contribution in [0.1, 0.15) is 0 Å². The molecule has 0 spiro atoms. The number of hydrogen-bond acceptors (Lipinski definition) is 3. The molecule has 1 aromatic heterocycles. The van der Waals surface area contributed by atoms with Crippen LogP contribution >= 0.6 is 0 Å². The molecule has 0 amide bonds. The van der Waals surface area contributed by atoms with E-state index in [1.807, 2.05) is 0 Å². The summed E-state index contributed by atoms with van der Waals surface area (Å²) in [6.07, 6.45) is -4.00. The van der Waals surface area contributed by atoms with Gasteiger partial charge in [-0.1, -0.05) is 6.07 Å². The summed E-state index contributed by atoms with van der Waals surface area (Å²) in [5.74, 6) is 0.406. The fourth-order valence-corrected chi connectivity index (χ4v) is 0.782. The maximum atomic E-state index is 11.8. The SMILES string of the molecule is OC(/C=C/Nc1ccccn1)C(F)(F)F. The van der Waals surface area contributed by atoms with E-state index in [9.17, 15) is 13.2 Å². The van der Waals surface area contributed by atoms with E-state index < -0.39 is 12.3 Å². The van der Waals surface area contributed by atoms with E-state index in [2.05, 4.69) is 10.3 Å². The van der Waals surface area contributed by atoms with Crippen LogP contribution in [-0.2, 0) is 0 Å². The first-order valence-corrected chi connectivity index (χ1v) is 4.09. The van der Waals surface area contributed by atoms with Crippen molar-refractivity contribution in [3.8, 4) is 0 Å². The lowest BCUT2D eigenvalue weighted by Gasteiger charge is -2.09. The molecule has 2 N–H and O–H groups in total. The molecule has 0 bridgehead atoms. The summed E-state index contributed by atoms with van der Waals surface area (Å²) in [5.41, 5.74) is 0. The van der Waals surface area contributed by atoms with Crippen LogP contribution < -0.4 is 5.32 Å². The zero-order chi connectivity index (χ0) is 11.3. The zero-order valence-electron chi connectivity index (χ0n) is 7.57. The summed E-state index contributed by atoms with van der Waals surface area (Å²) < 4.78 is 35.5. The molecule has 0 aromatic carbocycles. The van der Waals surface area contributed by atoms with Crippen molar-refractivity contribution in [3.63, 3.8) is 0 Å². The smallest absolute Gasteiger partial charge is 0.380 e. The lowest BCUT2D eigenvalue weighted by Crippen LogP contribution is -2.26. The highest BCUT2D eigenvalue weighted by atomic mass is 19.4. The van der Waals surface area contributed by atoms with Crippen LogP contribution in [0.2, 0.25) is 0 Å². The quantitative estimate of drug-likeness (QED) is 0.814. The van der Waals surface area contributed by atoms with Crippen LogP contribution in [0.5, 0.6) is 0 Å². The van der Waals surface area contributed by atoms with Gasteiger partial charge in [-0.2, -0.15) is 13.2 Å². The Morgan fingerprint density at radius 2 is 2.13 bits per heavy atom. The number of hydrogen-bond donors (Lipinski definition) is 2. The maximum absolute atomic E-state index is 11.8. The minimum Gasteiger partial charge on any atom is -0.380 e. The van der Waals surface area contributed by atoms with Gasteiger partial charge in [0.15, 0.2) is 6.10 Å². The van der Waals surface area contributed by atoms with E-state index in [1.54, 1.807) is 18.2 Å². The minimum absolute atomic E-state index is 0.406. The Labute approximate surface area is 84.3 Å². The number of nitrogens with one attached hydrogen (secondary N) is 1. The van der Waals surface area contributed by atoms with Crippen LogP contribution in [0.3, 0.4) is 0 Å². The molecule has 1 rings (SSSR count). The van der Waals surface area contributed by atoms with Crippen LogP contribution in [0.4, 0.5) is 19.0 Å². The van der Waals surface area contributed by atoms with Gasteiger partial charge in [-0.3, -0.25) is 0 Å². The standard InChI is InChI=1S/C9H9F3N2O/c10-9(11,12)7(15)4-6-14-8-3-1-2-5-13-8/h1-7,15H,(H,13,14)/b6-4+. The monoisotopic (exact) mass is 218 g/mol. The molecule has 1 aromatic rings. The number of pyridine rings is 1. The Morgan fingerprint density at radius 1 is 1.40 bits per heavy atom. The number of halogens is 3. The molecule has 0 radical (unpaired) electrons. The maximum Gasteiger partial charge on any atom is 0.418 e. The molecule has 0 saturated heterocycles. The Bertz CT molecular complexity index is 324. The minimum atomic E-state index is -4.64. The van der Waals surface area contributed by atoms with Crippen LogP contribution in [-0.4, -0.2) is 22.4 Å². The highest BCUT2D eigenvalue weighted by Gasteiger charge is 2.36. The molecule has 0 aliphatic heterocycles. The lowest BCUT2D eigenvalue weighted by atomic mass is 10.3. The largest absolute Gasteiger partial charge is 0.418 e. The number of rotatable bonds is 3. The summed E-state index contributed by atoms with van der Waals surface area (Å²) in [4.78, 5) is 3.81. The molecule has 1 unspecified atom stereocenters. The number of aliphatic hydroxyl groups is 1. The van der Waals surface area contributed by atoms with E-state index in [4.69, 9.17) is 5.11 Å². The van der Waals surface area contributed by atoms with E-state index >= 15 is 0 Å².